The highest BCUT2D eigenvalue weighted by molar-refractivity contribution is 6.05. The number of cyclic esters (lactones) is 1. The van der Waals surface area contributed by atoms with Crippen LogP contribution >= 0.6 is 0 Å². The second kappa shape index (κ2) is 4.94. The molecule has 5 heteroatoms. The maximum atomic E-state index is 11.9. The van der Waals surface area contributed by atoms with Crippen molar-refractivity contribution >= 4 is 17.8 Å². The number of H-pyrrole nitrogens is 1. The van der Waals surface area contributed by atoms with Gasteiger partial charge in [0.25, 0.3) is 5.56 Å². The lowest BCUT2D eigenvalue weighted by molar-refractivity contribution is 0.0715. The first kappa shape index (κ1) is 13.2. The Balaban J connectivity index is 2.17. The first-order chi connectivity index (χ1) is 10.1. The molecular weight excluding hydrogens is 270 g/mol. The van der Waals surface area contributed by atoms with Gasteiger partial charge in [-0.05, 0) is 25.1 Å². The maximum Gasteiger partial charge on any atom is 0.349 e. The number of pyridine rings is 1. The predicted molar refractivity (Wildman–Crippen MR) is 78.1 cm³/mol. The lowest BCUT2D eigenvalue weighted by atomic mass is 10.1. The monoisotopic (exact) mass is 283 g/mol. The van der Waals surface area contributed by atoms with E-state index < -0.39 is 11.5 Å². The van der Waals surface area contributed by atoms with Crippen molar-refractivity contribution in [2.24, 2.45) is 0 Å². The number of aromatic nitrogens is 1. The Morgan fingerprint density at radius 3 is 2.76 bits per heavy atom. The van der Waals surface area contributed by atoms with E-state index >= 15 is 0 Å². The molecule has 0 bridgehead atoms. The van der Waals surface area contributed by atoms with Gasteiger partial charge in [0.1, 0.15) is 17.1 Å². The molecular formula is C16H13NO4. The molecule has 106 valence electrons. The van der Waals surface area contributed by atoms with Crippen molar-refractivity contribution in [3.8, 4) is 5.75 Å². The summed E-state index contributed by atoms with van der Waals surface area (Å²) in [6.07, 6.45) is 1.70. The second-order valence-corrected chi connectivity index (χ2v) is 4.71. The van der Waals surface area contributed by atoms with E-state index in [4.69, 9.17) is 9.47 Å². The summed E-state index contributed by atoms with van der Waals surface area (Å²) in [7, 11) is 1.57. The van der Waals surface area contributed by atoms with Gasteiger partial charge in [-0.1, -0.05) is 18.2 Å². The molecule has 2 heterocycles. The quantitative estimate of drug-likeness (QED) is 0.859. The lowest BCUT2D eigenvalue weighted by Gasteiger charge is -2.05. The van der Waals surface area contributed by atoms with Crippen LogP contribution in [-0.2, 0) is 4.74 Å². The molecule has 0 fully saturated rings. The zero-order valence-corrected chi connectivity index (χ0v) is 11.6. The average molecular weight is 283 g/mol. The van der Waals surface area contributed by atoms with E-state index in [2.05, 4.69) is 4.98 Å². The zero-order chi connectivity index (χ0) is 15.0. The van der Waals surface area contributed by atoms with Gasteiger partial charge in [-0.15, -0.1) is 0 Å². The van der Waals surface area contributed by atoms with Gasteiger partial charge in [-0.3, -0.25) is 4.79 Å². The van der Waals surface area contributed by atoms with Crippen LogP contribution in [0.5, 0.6) is 5.75 Å². The third kappa shape index (κ3) is 2.23. The molecule has 0 saturated carbocycles. The fourth-order valence-corrected chi connectivity index (χ4v) is 2.33. The predicted octanol–water partition coefficient (Wildman–Crippen LogP) is 2.36. The van der Waals surface area contributed by atoms with Crippen molar-refractivity contribution < 1.29 is 14.3 Å². The number of ether oxygens (including phenoxy) is 2. The van der Waals surface area contributed by atoms with Crippen LogP contribution in [-0.4, -0.2) is 18.1 Å². The highest BCUT2D eigenvalue weighted by Crippen LogP contribution is 2.31. The number of para-hydroxylation sites is 1. The fraction of sp³-hybridized carbons (Fsp3) is 0.125. The standard InChI is InChI=1S/C16H13NO4/c1-9-7-11-13(21-16(19)14(11)15(18)17-9)8-10-5-3-4-6-12(10)20-2/h3-8H,1-2H3,(H,17,18)/b13-8-. The van der Waals surface area contributed by atoms with Crippen LogP contribution < -0.4 is 10.3 Å². The number of hydrogen-bond donors (Lipinski definition) is 1. The molecule has 0 unspecified atom stereocenters. The molecule has 3 rings (SSSR count). The van der Waals surface area contributed by atoms with Crippen LogP contribution in [0.3, 0.4) is 0 Å². The smallest absolute Gasteiger partial charge is 0.349 e. The van der Waals surface area contributed by atoms with E-state index in [1.165, 1.54) is 0 Å². The van der Waals surface area contributed by atoms with E-state index in [1.807, 2.05) is 24.3 Å². The molecule has 21 heavy (non-hydrogen) atoms. The van der Waals surface area contributed by atoms with Crippen LogP contribution in [0.1, 0.15) is 27.2 Å². The Bertz CT molecular complexity index is 817. The summed E-state index contributed by atoms with van der Waals surface area (Å²) in [5.74, 6) is 0.386. The van der Waals surface area contributed by atoms with E-state index in [1.54, 1.807) is 26.2 Å². The molecule has 0 atom stereocenters. The number of aromatic amines is 1. The van der Waals surface area contributed by atoms with Gasteiger partial charge in [-0.25, -0.2) is 4.79 Å². The van der Waals surface area contributed by atoms with E-state index in [9.17, 15) is 9.59 Å². The molecule has 0 radical (unpaired) electrons. The van der Waals surface area contributed by atoms with Crippen LogP contribution in [0, 0.1) is 6.92 Å². The number of aryl methyl sites for hydroxylation is 1. The van der Waals surface area contributed by atoms with E-state index in [0.717, 1.165) is 5.56 Å². The molecule has 1 N–H and O–H groups in total. The van der Waals surface area contributed by atoms with Gasteiger partial charge in [0.15, 0.2) is 0 Å². The summed E-state index contributed by atoms with van der Waals surface area (Å²) in [6.45, 7) is 1.76. The number of benzene rings is 1. The van der Waals surface area contributed by atoms with Gasteiger partial charge in [0, 0.05) is 16.8 Å². The summed E-state index contributed by atoms with van der Waals surface area (Å²) in [5, 5.41) is 0. The molecule has 2 aromatic rings. The van der Waals surface area contributed by atoms with Crippen molar-refractivity contribution in [1.82, 2.24) is 4.98 Å². The van der Waals surface area contributed by atoms with Gasteiger partial charge in [0.05, 0.1) is 7.11 Å². The molecule has 0 aliphatic carbocycles. The molecule has 5 nitrogen and oxygen atoms in total. The summed E-state index contributed by atoms with van der Waals surface area (Å²) in [4.78, 5) is 26.3. The summed E-state index contributed by atoms with van der Waals surface area (Å²) in [6, 6.07) is 9.09. The number of nitrogens with one attached hydrogen (secondary N) is 1. The minimum atomic E-state index is -0.632. The number of rotatable bonds is 2. The molecule has 1 aromatic heterocycles. The number of carbonyl (C=O) groups is 1. The third-order valence-corrected chi connectivity index (χ3v) is 3.27. The Labute approximate surface area is 120 Å². The summed E-state index contributed by atoms with van der Waals surface area (Å²) in [5.41, 5.74) is 1.56. The molecule has 1 aliphatic rings. The van der Waals surface area contributed by atoms with Crippen molar-refractivity contribution in [3.05, 3.63) is 63.1 Å². The Morgan fingerprint density at radius 1 is 1.24 bits per heavy atom. The molecule has 0 saturated heterocycles. The first-order valence-electron chi connectivity index (χ1n) is 6.41. The Kier molecular flexibility index (Phi) is 3.10. The van der Waals surface area contributed by atoms with Gasteiger partial charge in [0.2, 0.25) is 0 Å². The van der Waals surface area contributed by atoms with Crippen LogP contribution in [0.15, 0.2) is 35.1 Å². The van der Waals surface area contributed by atoms with Crippen LogP contribution in [0.4, 0.5) is 0 Å². The summed E-state index contributed by atoms with van der Waals surface area (Å²) >= 11 is 0. The molecule has 0 amide bonds. The highest BCUT2D eigenvalue weighted by Gasteiger charge is 2.30. The van der Waals surface area contributed by atoms with Crippen molar-refractivity contribution in [3.63, 3.8) is 0 Å². The van der Waals surface area contributed by atoms with Crippen LogP contribution in [0.25, 0.3) is 11.8 Å². The number of methoxy groups -OCH3 is 1. The normalized spacial score (nSPS) is 15.0. The van der Waals surface area contributed by atoms with Gasteiger partial charge >= 0.3 is 5.97 Å². The molecule has 1 aromatic carbocycles. The third-order valence-electron chi connectivity index (χ3n) is 3.27. The van der Waals surface area contributed by atoms with Gasteiger partial charge < -0.3 is 14.5 Å². The zero-order valence-electron chi connectivity index (χ0n) is 11.6. The Morgan fingerprint density at radius 2 is 2.00 bits per heavy atom. The SMILES string of the molecule is COc1ccccc1/C=C1\OC(=O)c2c1cc(C)[nH]c2=O. The maximum absolute atomic E-state index is 11.9. The number of carbonyl (C=O) groups excluding carboxylic acids is 1. The van der Waals surface area contributed by atoms with Crippen molar-refractivity contribution in [2.75, 3.05) is 7.11 Å². The minimum Gasteiger partial charge on any atom is -0.496 e. The highest BCUT2D eigenvalue weighted by atomic mass is 16.5. The number of fused-ring (bicyclic) bond motifs is 1. The fourth-order valence-electron chi connectivity index (χ4n) is 2.33. The van der Waals surface area contributed by atoms with Crippen LogP contribution in [0.2, 0.25) is 0 Å². The van der Waals surface area contributed by atoms with E-state index in [-0.39, 0.29) is 5.56 Å². The lowest BCUT2D eigenvalue weighted by Crippen LogP contribution is -2.16. The summed E-state index contributed by atoms with van der Waals surface area (Å²) < 4.78 is 10.5. The minimum absolute atomic E-state index is 0.0433. The topological polar surface area (TPSA) is 68.4 Å². The second-order valence-electron chi connectivity index (χ2n) is 4.71. The molecule has 1 aliphatic heterocycles. The van der Waals surface area contributed by atoms with Crippen molar-refractivity contribution in [2.45, 2.75) is 6.92 Å². The number of hydrogen-bond acceptors (Lipinski definition) is 4. The molecule has 0 spiro atoms. The first-order valence-corrected chi connectivity index (χ1v) is 6.41. The average Bonchev–Trinajstić information content (AvgIpc) is 2.76. The largest absolute Gasteiger partial charge is 0.496 e. The van der Waals surface area contributed by atoms with Gasteiger partial charge in [-0.2, -0.15) is 0 Å². The van der Waals surface area contributed by atoms with Crippen molar-refractivity contribution in [1.29, 1.82) is 0 Å². The van der Waals surface area contributed by atoms with E-state index in [0.29, 0.717) is 22.8 Å². The number of esters is 1. The Hall–Kier alpha value is -2.82.